The largest absolute Gasteiger partial charge is 0.497 e. The number of para-hydroxylation sites is 1. The SMILES string of the molecule is COc1cccc(CC(=O)N2CCN(C(=O)c3c4c(nc5ccccc35)CCC(C)C4)CC2)c1. The summed E-state index contributed by atoms with van der Waals surface area (Å²) in [4.78, 5) is 35.4. The number of piperazine rings is 1. The molecule has 2 aliphatic rings. The lowest BCUT2D eigenvalue weighted by molar-refractivity contribution is -0.131. The van der Waals surface area contributed by atoms with Crippen molar-refractivity contribution in [2.24, 2.45) is 5.92 Å². The monoisotopic (exact) mass is 457 g/mol. The number of aromatic nitrogens is 1. The number of carbonyl (C=O) groups is 2. The van der Waals surface area contributed by atoms with Crippen molar-refractivity contribution >= 4 is 22.7 Å². The summed E-state index contributed by atoms with van der Waals surface area (Å²) in [5, 5.41) is 0.942. The van der Waals surface area contributed by atoms with Gasteiger partial charge in [0.25, 0.3) is 5.91 Å². The number of hydrogen-bond donors (Lipinski definition) is 0. The summed E-state index contributed by atoms with van der Waals surface area (Å²) in [6.45, 7) is 4.44. The molecule has 1 atom stereocenters. The summed E-state index contributed by atoms with van der Waals surface area (Å²) in [7, 11) is 1.63. The van der Waals surface area contributed by atoms with E-state index in [2.05, 4.69) is 6.92 Å². The van der Waals surface area contributed by atoms with Gasteiger partial charge < -0.3 is 14.5 Å². The molecule has 1 unspecified atom stereocenters. The first-order valence-electron chi connectivity index (χ1n) is 12.1. The van der Waals surface area contributed by atoms with Crippen LogP contribution < -0.4 is 4.74 Å². The quantitative estimate of drug-likeness (QED) is 0.596. The molecule has 2 heterocycles. The van der Waals surface area contributed by atoms with Crippen molar-refractivity contribution in [2.45, 2.75) is 32.6 Å². The maximum atomic E-state index is 13.8. The molecule has 0 N–H and O–H groups in total. The molecule has 0 spiro atoms. The number of hydrogen-bond acceptors (Lipinski definition) is 4. The number of rotatable bonds is 4. The third kappa shape index (κ3) is 4.37. The van der Waals surface area contributed by atoms with Crippen molar-refractivity contribution in [3.05, 3.63) is 70.9 Å². The highest BCUT2D eigenvalue weighted by atomic mass is 16.5. The Morgan fingerprint density at radius 1 is 1.03 bits per heavy atom. The van der Waals surface area contributed by atoms with Crippen LogP contribution in [0.1, 0.15) is 40.5 Å². The molecule has 0 saturated carbocycles. The molecule has 0 bridgehead atoms. The van der Waals surface area contributed by atoms with E-state index in [1.807, 2.05) is 58.3 Å². The maximum absolute atomic E-state index is 13.8. The van der Waals surface area contributed by atoms with Crippen LogP contribution in [0, 0.1) is 5.92 Å². The Labute approximate surface area is 200 Å². The highest BCUT2D eigenvalue weighted by Crippen LogP contribution is 2.32. The van der Waals surface area contributed by atoms with Gasteiger partial charge in [-0.15, -0.1) is 0 Å². The smallest absolute Gasteiger partial charge is 0.255 e. The standard InChI is InChI=1S/C28H31N3O3/c1-19-10-11-25-23(16-19)27(22-8-3-4-9-24(22)29-25)28(33)31-14-12-30(13-15-31)26(32)18-20-6-5-7-21(17-20)34-2/h3-9,17,19H,10-16,18H2,1-2H3. The van der Waals surface area contributed by atoms with Crippen LogP contribution in [0.2, 0.25) is 0 Å². The molecule has 1 aliphatic carbocycles. The molecular formula is C28H31N3O3. The predicted octanol–water partition coefficient (Wildman–Crippen LogP) is 3.90. The fourth-order valence-corrected chi connectivity index (χ4v) is 5.19. The Balaban J connectivity index is 1.32. The molecule has 1 saturated heterocycles. The first-order chi connectivity index (χ1) is 16.5. The van der Waals surface area contributed by atoms with Gasteiger partial charge in [-0.3, -0.25) is 14.6 Å². The summed E-state index contributed by atoms with van der Waals surface area (Å²) in [6.07, 6.45) is 3.27. The van der Waals surface area contributed by atoms with Crippen LogP contribution in [0.4, 0.5) is 0 Å². The lowest BCUT2D eigenvalue weighted by atomic mass is 9.83. The van der Waals surface area contributed by atoms with Gasteiger partial charge >= 0.3 is 0 Å². The minimum Gasteiger partial charge on any atom is -0.497 e. The van der Waals surface area contributed by atoms with Gasteiger partial charge in [0.2, 0.25) is 5.91 Å². The molecule has 5 rings (SSSR count). The molecule has 6 nitrogen and oxygen atoms in total. The van der Waals surface area contributed by atoms with Crippen LogP contribution in [-0.4, -0.2) is 59.9 Å². The van der Waals surface area contributed by atoms with Crippen LogP contribution in [-0.2, 0) is 24.1 Å². The number of fused-ring (bicyclic) bond motifs is 2. The molecule has 2 aromatic carbocycles. The van der Waals surface area contributed by atoms with Gasteiger partial charge in [-0.25, -0.2) is 0 Å². The molecule has 3 aromatic rings. The number of nitrogens with zero attached hydrogens (tertiary/aromatic N) is 3. The van der Waals surface area contributed by atoms with Gasteiger partial charge in [-0.1, -0.05) is 37.3 Å². The molecule has 6 heteroatoms. The van der Waals surface area contributed by atoms with Gasteiger partial charge in [-0.05, 0) is 54.5 Å². The van der Waals surface area contributed by atoms with E-state index in [-0.39, 0.29) is 11.8 Å². The average Bonchev–Trinajstić information content (AvgIpc) is 2.87. The van der Waals surface area contributed by atoms with Crippen LogP contribution in [0.5, 0.6) is 5.75 Å². The van der Waals surface area contributed by atoms with Gasteiger partial charge in [-0.2, -0.15) is 0 Å². The van der Waals surface area contributed by atoms with E-state index in [0.717, 1.165) is 58.3 Å². The zero-order valence-corrected chi connectivity index (χ0v) is 19.9. The molecule has 176 valence electrons. The van der Waals surface area contributed by atoms with Crippen molar-refractivity contribution < 1.29 is 14.3 Å². The van der Waals surface area contributed by atoms with Crippen LogP contribution >= 0.6 is 0 Å². The average molecular weight is 458 g/mol. The summed E-state index contributed by atoms with van der Waals surface area (Å²) >= 11 is 0. The molecule has 2 amide bonds. The first-order valence-corrected chi connectivity index (χ1v) is 12.1. The first kappa shape index (κ1) is 22.4. The minimum atomic E-state index is 0.0730. The fraction of sp³-hybridized carbons (Fsp3) is 0.393. The number of carbonyl (C=O) groups excluding carboxylic acids is 2. The van der Waals surface area contributed by atoms with Crippen LogP contribution in [0.3, 0.4) is 0 Å². The fourth-order valence-electron chi connectivity index (χ4n) is 5.19. The Kier molecular flexibility index (Phi) is 6.22. The van der Waals surface area contributed by atoms with E-state index in [0.29, 0.717) is 38.5 Å². The predicted molar refractivity (Wildman–Crippen MR) is 132 cm³/mol. The van der Waals surface area contributed by atoms with Crippen molar-refractivity contribution in [2.75, 3.05) is 33.3 Å². The zero-order chi connectivity index (χ0) is 23.7. The second-order valence-electron chi connectivity index (χ2n) is 9.48. The number of pyridine rings is 1. The Morgan fingerprint density at radius 2 is 1.79 bits per heavy atom. The van der Waals surface area contributed by atoms with E-state index in [4.69, 9.17) is 9.72 Å². The molecule has 1 aliphatic heterocycles. The minimum absolute atomic E-state index is 0.0730. The molecular weight excluding hydrogens is 426 g/mol. The Morgan fingerprint density at radius 3 is 2.59 bits per heavy atom. The second-order valence-corrected chi connectivity index (χ2v) is 9.48. The summed E-state index contributed by atoms with van der Waals surface area (Å²) in [6, 6.07) is 15.6. The van der Waals surface area contributed by atoms with Gasteiger partial charge in [0.15, 0.2) is 0 Å². The summed E-state index contributed by atoms with van der Waals surface area (Å²) in [5.41, 5.74) is 4.85. The third-order valence-electron chi connectivity index (χ3n) is 7.13. The van der Waals surface area contributed by atoms with Crippen molar-refractivity contribution in [1.82, 2.24) is 14.8 Å². The normalized spacial score (nSPS) is 18.0. The lowest BCUT2D eigenvalue weighted by Gasteiger charge is -2.36. The van der Waals surface area contributed by atoms with Gasteiger partial charge in [0.05, 0.1) is 24.6 Å². The summed E-state index contributed by atoms with van der Waals surface area (Å²) in [5.74, 6) is 1.46. The molecule has 1 fully saturated rings. The van der Waals surface area contributed by atoms with Crippen molar-refractivity contribution in [1.29, 1.82) is 0 Å². The highest BCUT2D eigenvalue weighted by Gasteiger charge is 2.30. The van der Waals surface area contributed by atoms with E-state index in [1.54, 1.807) is 7.11 Å². The number of aryl methyl sites for hydroxylation is 1. The zero-order valence-electron chi connectivity index (χ0n) is 19.9. The van der Waals surface area contributed by atoms with E-state index >= 15 is 0 Å². The number of methoxy groups -OCH3 is 1. The maximum Gasteiger partial charge on any atom is 0.255 e. The van der Waals surface area contributed by atoms with Crippen molar-refractivity contribution in [3.8, 4) is 5.75 Å². The van der Waals surface area contributed by atoms with Gasteiger partial charge in [0, 0.05) is 37.3 Å². The third-order valence-corrected chi connectivity index (χ3v) is 7.13. The van der Waals surface area contributed by atoms with Crippen LogP contribution in [0.15, 0.2) is 48.5 Å². The molecule has 34 heavy (non-hydrogen) atoms. The number of ether oxygens (including phenoxy) is 1. The van der Waals surface area contributed by atoms with Gasteiger partial charge in [0.1, 0.15) is 5.75 Å². The van der Waals surface area contributed by atoms with Crippen LogP contribution in [0.25, 0.3) is 10.9 Å². The second kappa shape index (κ2) is 9.45. The summed E-state index contributed by atoms with van der Waals surface area (Å²) < 4.78 is 5.27. The molecule has 0 radical (unpaired) electrons. The number of amides is 2. The molecule has 1 aromatic heterocycles. The van der Waals surface area contributed by atoms with E-state index < -0.39 is 0 Å². The highest BCUT2D eigenvalue weighted by molar-refractivity contribution is 6.07. The number of benzene rings is 2. The Bertz CT molecular complexity index is 1230. The van der Waals surface area contributed by atoms with E-state index in [1.165, 1.54) is 0 Å². The van der Waals surface area contributed by atoms with E-state index in [9.17, 15) is 9.59 Å². The van der Waals surface area contributed by atoms with Crippen molar-refractivity contribution in [3.63, 3.8) is 0 Å². The Hall–Kier alpha value is -3.41. The lowest BCUT2D eigenvalue weighted by Crippen LogP contribution is -2.51. The topological polar surface area (TPSA) is 62.7 Å².